The molecular formula is C19H28N2O4. The molecule has 2 amide bonds. The van der Waals surface area contributed by atoms with Crippen molar-refractivity contribution in [1.29, 1.82) is 0 Å². The number of benzene rings is 1. The van der Waals surface area contributed by atoms with E-state index in [0.29, 0.717) is 12.0 Å². The van der Waals surface area contributed by atoms with E-state index in [1.165, 1.54) is 7.11 Å². The zero-order valence-electron chi connectivity index (χ0n) is 15.5. The molecule has 1 N–H and O–H groups in total. The summed E-state index contributed by atoms with van der Waals surface area (Å²) in [6, 6.07) is 6.69. The number of nitrogens with one attached hydrogen (secondary N) is 1. The molecule has 6 nitrogen and oxygen atoms in total. The second kappa shape index (κ2) is 10.5. The first kappa shape index (κ1) is 20.7. The Labute approximate surface area is 149 Å². The van der Waals surface area contributed by atoms with Crippen LogP contribution in [0.1, 0.15) is 48.5 Å². The van der Waals surface area contributed by atoms with Crippen molar-refractivity contribution in [3.63, 3.8) is 0 Å². The van der Waals surface area contributed by atoms with E-state index in [1.807, 2.05) is 18.2 Å². The van der Waals surface area contributed by atoms with Crippen LogP contribution in [-0.4, -0.2) is 49.9 Å². The van der Waals surface area contributed by atoms with E-state index in [1.54, 1.807) is 32.0 Å². The third-order valence-corrected chi connectivity index (χ3v) is 3.95. The highest BCUT2D eigenvalue weighted by molar-refractivity contribution is 5.96. The van der Waals surface area contributed by atoms with E-state index >= 15 is 0 Å². The summed E-state index contributed by atoms with van der Waals surface area (Å²) in [6.45, 7) is 1.59. The smallest absolute Gasteiger partial charge is 0.328 e. The number of esters is 1. The average molecular weight is 348 g/mol. The molecule has 0 spiro atoms. The number of carbonyl (C=O) groups excluding carboxylic acids is 3. The minimum Gasteiger partial charge on any atom is -0.467 e. The molecule has 1 aromatic rings. The lowest BCUT2D eigenvalue weighted by Gasteiger charge is -2.12. The van der Waals surface area contributed by atoms with Gasteiger partial charge >= 0.3 is 5.97 Å². The van der Waals surface area contributed by atoms with Crippen molar-refractivity contribution in [2.24, 2.45) is 0 Å². The molecule has 0 fully saturated rings. The van der Waals surface area contributed by atoms with E-state index in [-0.39, 0.29) is 11.8 Å². The number of ether oxygens (including phenoxy) is 1. The molecule has 6 heteroatoms. The summed E-state index contributed by atoms with van der Waals surface area (Å²) in [5, 5.41) is 2.62. The molecule has 0 saturated carbocycles. The van der Waals surface area contributed by atoms with Crippen molar-refractivity contribution in [3.05, 3.63) is 35.4 Å². The first-order valence-corrected chi connectivity index (χ1v) is 8.53. The third kappa shape index (κ3) is 7.37. The molecule has 1 rings (SSSR count). The third-order valence-electron chi connectivity index (χ3n) is 3.95. The molecule has 1 atom stereocenters. The number of nitrogens with zero attached hydrogens (tertiary/aromatic N) is 1. The monoisotopic (exact) mass is 348 g/mol. The molecule has 138 valence electrons. The second-order valence-corrected chi connectivity index (χ2v) is 6.27. The Morgan fingerprint density at radius 1 is 1.16 bits per heavy atom. The van der Waals surface area contributed by atoms with Crippen molar-refractivity contribution in [3.8, 4) is 0 Å². The second-order valence-electron chi connectivity index (χ2n) is 6.27. The van der Waals surface area contributed by atoms with E-state index in [2.05, 4.69) is 10.1 Å². The number of amides is 2. The molecule has 0 aliphatic rings. The van der Waals surface area contributed by atoms with Crippen LogP contribution in [-0.2, 0) is 20.7 Å². The molecular weight excluding hydrogens is 320 g/mol. The zero-order valence-corrected chi connectivity index (χ0v) is 15.5. The number of aryl methyl sites for hydroxylation is 1. The van der Waals surface area contributed by atoms with Crippen molar-refractivity contribution >= 4 is 17.8 Å². The summed E-state index contributed by atoms with van der Waals surface area (Å²) in [5.41, 5.74) is 1.59. The Balaban J connectivity index is 2.45. The molecule has 1 aromatic carbocycles. The van der Waals surface area contributed by atoms with E-state index < -0.39 is 12.0 Å². The highest BCUT2D eigenvalue weighted by atomic mass is 16.5. The van der Waals surface area contributed by atoms with E-state index in [0.717, 1.165) is 31.2 Å². The van der Waals surface area contributed by atoms with Gasteiger partial charge in [-0.05, 0) is 43.9 Å². The summed E-state index contributed by atoms with van der Waals surface area (Å²) in [5.74, 6) is -0.619. The molecule has 0 aliphatic heterocycles. The highest BCUT2D eigenvalue weighted by Gasteiger charge is 2.16. The minimum absolute atomic E-state index is 0.151. The van der Waals surface area contributed by atoms with Gasteiger partial charge in [0, 0.05) is 26.1 Å². The largest absolute Gasteiger partial charge is 0.467 e. The first-order chi connectivity index (χ1) is 11.8. The number of unbranched alkanes of at least 4 members (excludes halogenated alkanes) is 2. The number of rotatable bonds is 9. The van der Waals surface area contributed by atoms with Gasteiger partial charge in [-0.1, -0.05) is 18.6 Å². The van der Waals surface area contributed by atoms with Crippen LogP contribution in [0.2, 0.25) is 0 Å². The summed E-state index contributed by atoms with van der Waals surface area (Å²) in [4.78, 5) is 36.7. The van der Waals surface area contributed by atoms with Crippen molar-refractivity contribution in [2.75, 3.05) is 21.2 Å². The van der Waals surface area contributed by atoms with Gasteiger partial charge in [-0.3, -0.25) is 9.59 Å². The lowest BCUT2D eigenvalue weighted by molar-refractivity contribution is -0.142. The quantitative estimate of drug-likeness (QED) is 0.548. The maximum Gasteiger partial charge on any atom is 0.328 e. The SMILES string of the molecule is COC(=O)[C@@H](C)NC(=O)c1cccc(CCCCCC(=O)N(C)C)c1. The number of carbonyl (C=O) groups is 3. The predicted molar refractivity (Wildman–Crippen MR) is 96.3 cm³/mol. The lowest BCUT2D eigenvalue weighted by Crippen LogP contribution is -2.39. The van der Waals surface area contributed by atoms with Gasteiger partial charge in [0.2, 0.25) is 5.91 Å². The Hall–Kier alpha value is -2.37. The van der Waals surface area contributed by atoms with Crippen LogP contribution in [0.15, 0.2) is 24.3 Å². The number of hydrogen-bond donors (Lipinski definition) is 1. The van der Waals surface area contributed by atoms with Gasteiger partial charge in [-0.15, -0.1) is 0 Å². The van der Waals surface area contributed by atoms with E-state index in [4.69, 9.17) is 0 Å². The molecule has 0 aliphatic carbocycles. The van der Waals surface area contributed by atoms with Gasteiger partial charge in [0.1, 0.15) is 6.04 Å². The molecule has 0 saturated heterocycles. The van der Waals surface area contributed by atoms with Crippen LogP contribution in [0.4, 0.5) is 0 Å². The Kier molecular flexibility index (Phi) is 8.67. The molecule has 0 bridgehead atoms. The Morgan fingerprint density at radius 2 is 1.88 bits per heavy atom. The van der Waals surface area contributed by atoms with Crippen LogP contribution in [0.3, 0.4) is 0 Å². The van der Waals surface area contributed by atoms with E-state index in [9.17, 15) is 14.4 Å². The van der Waals surface area contributed by atoms with Gasteiger partial charge in [0.25, 0.3) is 5.91 Å². The summed E-state index contributed by atoms with van der Waals surface area (Å²) >= 11 is 0. The lowest BCUT2D eigenvalue weighted by atomic mass is 10.0. The van der Waals surface area contributed by atoms with Crippen molar-refractivity contribution < 1.29 is 19.1 Å². The maximum absolute atomic E-state index is 12.2. The van der Waals surface area contributed by atoms with Gasteiger partial charge < -0.3 is 15.0 Å². The van der Waals surface area contributed by atoms with Gasteiger partial charge in [0.05, 0.1) is 7.11 Å². The molecule has 0 aromatic heterocycles. The van der Waals surface area contributed by atoms with Crippen LogP contribution in [0, 0.1) is 0 Å². The Morgan fingerprint density at radius 3 is 2.52 bits per heavy atom. The van der Waals surface area contributed by atoms with Gasteiger partial charge in [-0.25, -0.2) is 4.79 Å². The van der Waals surface area contributed by atoms with Crippen LogP contribution < -0.4 is 5.32 Å². The number of hydrogen-bond acceptors (Lipinski definition) is 4. The van der Waals surface area contributed by atoms with Crippen molar-refractivity contribution in [2.45, 2.75) is 45.1 Å². The predicted octanol–water partition coefficient (Wildman–Crippen LogP) is 2.17. The van der Waals surface area contributed by atoms with Crippen molar-refractivity contribution in [1.82, 2.24) is 10.2 Å². The molecule has 0 heterocycles. The summed E-state index contributed by atoms with van der Waals surface area (Å²) in [7, 11) is 4.82. The molecule has 25 heavy (non-hydrogen) atoms. The fourth-order valence-corrected chi connectivity index (χ4v) is 2.39. The summed E-state index contributed by atoms with van der Waals surface area (Å²) < 4.78 is 4.60. The zero-order chi connectivity index (χ0) is 18.8. The minimum atomic E-state index is -0.685. The van der Waals surface area contributed by atoms with Crippen LogP contribution in [0.25, 0.3) is 0 Å². The standard InChI is InChI=1S/C19H28N2O4/c1-14(19(24)25-4)20-18(23)16-11-8-10-15(13-16)9-6-5-7-12-17(22)21(2)3/h8,10-11,13-14H,5-7,9,12H2,1-4H3,(H,20,23)/t14-/m1/s1. The van der Waals surface area contributed by atoms with Crippen LogP contribution >= 0.6 is 0 Å². The highest BCUT2D eigenvalue weighted by Crippen LogP contribution is 2.11. The fraction of sp³-hybridized carbons (Fsp3) is 0.526. The van der Waals surface area contributed by atoms with Gasteiger partial charge in [-0.2, -0.15) is 0 Å². The molecule has 0 radical (unpaired) electrons. The average Bonchev–Trinajstić information content (AvgIpc) is 2.60. The summed E-state index contributed by atoms with van der Waals surface area (Å²) in [6.07, 6.45) is 4.22. The maximum atomic E-state index is 12.2. The Bertz CT molecular complexity index is 599. The van der Waals surface area contributed by atoms with Crippen LogP contribution in [0.5, 0.6) is 0 Å². The topological polar surface area (TPSA) is 75.7 Å². The van der Waals surface area contributed by atoms with Gasteiger partial charge in [0.15, 0.2) is 0 Å². The number of methoxy groups -OCH3 is 1. The first-order valence-electron chi connectivity index (χ1n) is 8.53. The molecule has 0 unspecified atom stereocenters. The normalized spacial score (nSPS) is 11.5. The fourth-order valence-electron chi connectivity index (χ4n) is 2.39.